The number of imidazole rings is 1. The standard InChI is InChI=1S/C15H18N4O/c1-3-14-16-10-11(17-14)15(20)19-9-8-18(2)12-6-4-5-7-13(12)19/h4-7,10H,3,8-9H2,1-2H3,(H,16,17). The van der Waals surface area contributed by atoms with Crippen LogP contribution < -0.4 is 9.80 Å². The maximum atomic E-state index is 12.6. The van der Waals surface area contributed by atoms with E-state index in [1.165, 1.54) is 0 Å². The molecule has 0 atom stereocenters. The lowest BCUT2D eigenvalue weighted by atomic mass is 10.1. The summed E-state index contributed by atoms with van der Waals surface area (Å²) in [5.41, 5.74) is 2.60. The molecule has 104 valence electrons. The van der Waals surface area contributed by atoms with Crippen LogP contribution in [-0.2, 0) is 6.42 Å². The van der Waals surface area contributed by atoms with Crippen LogP contribution in [0.1, 0.15) is 23.2 Å². The molecule has 0 fully saturated rings. The topological polar surface area (TPSA) is 52.2 Å². The van der Waals surface area contributed by atoms with Crippen molar-refractivity contribution in [2.45, 2.75) is 13.3 Å². The lowest BCUT2D eigenvalue weighted by molar-refractivity contribution is 0.0982. The van der Waals surface area contributed by atoms with Gasteiger partial charge in [-0.1, -0.05) is 19.1 Å². The van der Waals surface area contributed by atoms with E-state index in [4.69, 9.17) is 0 Å². The average molecular weight is 270 g/mol. The molecule has 5 nitrogen and oxygen atoms in total. The number of aromatic amines is 1. The minimum atomic E-state index is -0.0160. The molecule has 0 saturated heterocycles. The fourth-order valence-corrected chi connectivity index (χ4v) is 2.51. The number of fused-ring (bicyclic) bond motifs is 1. The molecule has 0 bridgehead atoms. The van der Waals surface area contributed by atoms with Crippen LogP contribution in [0.2, 0.25) is 0 Å². The Labute approximate surface area is 118 Å². The molecular weight excluding hydrogens is 252 g/mol. The van der Waals surface area contributed by atoms with Gasteiger partial charge in [0.15, 0.2) is 0 Å². The van der Waals surface area contributed by atoms with Crippen LogP contribution in [0.3, 0.4) is 0 Å². The Bertz CT molecular complexity index is 634. The zero-order chi connectivity index (χ0) is 14.1. The molecule has 0 aliphatic carbocycles. The number of hydrogen-bond acceptors (Lipinski definition) is 3. The van der Waals surface area contributed by atoms with Crippen LogP contribution in [0.5, 0.6) is 0 Å². The molecule has 0 spiro atoms. The van der Waals surface area contributed by atoms with Gasteiger partial charge in [-0.25, -0.2) is 4.98 Å². The molecule has 5 heteroatoms. The zero-order valence-corrected chi connectivity index (χ0v) is 11.8. The molecule has 0 saturated carbocycles. The number of rotatable bonds is 2. The third kappa shape index (κ3) is 2.05. The number of benzene rings is 1. The van der Waals surface area contributed by atoms with Crippen LogP contribution in [-0.4, -0.2) is 36.0 Å². The van der Waals surface area contributed by atoms with E-state index in [2.05, 4.69) is 14.9 Å². The third-order valence-electron chi connectivity index (χ3n) is 3.68. The van der Waals surface area contributed by atoms with Gasteiger partial charge < -0.3 is 14.8 Å². The number of H-pyrrole nitrogens is 1. The van der Waals surface area contributed by atoms with Gasteiger partial charge in [-0.2, -0.15) is 0 Å². The normalized spacial score (nSPS) is 14.3. The van der Waals surface area contributed by atoms with Crippen molar-refractivity contribution in [2.75, 3.05) is 29.9 Å². The van der Waals surface area contributed by atoms with Crippen molar-refractivity contribution in [3.8, 4) is 0 Å². The largest absolute Gasteiger partial charge is 0.371 e. The maximum absolute atomic E-state index is 12.6. The summed E-state index contributed by atoms with van der Waals surface area (Å²) in [4.78, 5) is 23.9. The predicted molar refractivity (Wildman–Crippen MR) is 79.4 cm³/mol. The van der Waals surface area contributed by atoms with E-state index in [0.29, 0.717) is 12.2 Å². The van der Waals surface area contributed by atoms with Gasteiger partial charge in [-0.15, -0.1) is 0 Å². The van der Waals surface area contributed by atoms with Gasteiger partial charge in [0.2, 0.25) is 0 Å². The molecule has 1 amide bonds. The fourth-order valence-electron chi connectivity index (χ4n) is 2.51. The van der Waals surface area contributed by atoms with E-state index < -0.39 is 0 Å². The van der Waals surface area contributed by atoms with E-state index in [-0.39, 0.29) is 5.91 Å². The first-order valence-electron chi connectivity index (χ1n) is 6.86. The van der Waals surface area contributed by atoms with Gasteiger partial charge in [0.25, 0.3) is 5.91 Å². The zero-order valence-electron chi connectivity index (χ0n) is 11.8. The monoisotopic (exact) mass is 270 g/mol. The summed E-state index contributed by atoms with van der Waals surface area (Å²) in [6, 6.07) is 7.98. The molecule has 1 aromatic carbocycles. The van der Waals surface area contributed by atoms with Crippen molar-refractivity contribution < 1.29 is 4.79 Å². The molecule has 0 unspecified atom stereocenters. The second-order valence-corrected chi connectivity index (χ2v) is 4.96. The molecule has 20 heavy (non-hydrogen) atoms. The third-order valence-corrected chi connectivity index (χ3v) is 3.68. The highest BCUT2D eigenvalue weighted by Crippen LogP contribution is 2.32. The molecular formula is C15H18N4O. The Balaban J connectivity index is 1.95. The molecule has 2 heterocycles. The van der Waals surface area contributed by atoms with Crippen LogP contribution in [0.15, 0.2) is 30.5 Å². The minimum absolute atomic E-state index is 0.0160. The molecule has 0 radical (unpaired) electrons. The quantitative estimate of drug-likeness (QED) is 0.909. The summed E-state index contributed by atoms with van der Waals surface area (Å²) in [6.45, 7) is 3.53. The number of anilines is 2. The van der Waals surface area contributed by atoms with E-state index in [1.807, 2.05) is 43.1 Å². The number of carbonyl (C=O) groups is 1. The Hall–Kier alpha value is -2.30. The Kier molecular flexibility index (Phi) is 3.18. The van der Waals surface area contributed by atoms with Gasteiger partial charge in [-0.05, 0) is 12.1 Å². The number of nitrogens with one attached hydrogen (secondary N) is 1. The summed E-state index contributed by atoms with van der Waals surface area (Å²) in [6.07, 6.45) is 2.43. The number of carbonyl (C=O) groups excluding carboxylic acids is 1. The number of para-hydroxylation sites is 2. The lowest BCUT2D eigenvalue weighted by Crippen LogP contribution is -2.42. The number of aromatic nitrogens is 2. The van der Waals surface area contributed by atoms with Crippen LogP contribution in [0.4, 0.5) is 11.4 Å². The molecule has 1 aromatic heterocycles. The van der Waals surface area contributed by atoms with E-state index in [1.54, 1.807) is 6.20 Å². The van der Waals surface area contributed by atoms with Gasteiger partial charge in [0.1, 0.15) is 11.5 Å². The highest BCUT2D eigenvalue weighted by Gasteiger charge is 2.26. The Morgan fingerprint density at radius 3 is 2.75 bits per heavy atom. The SMILES string of the molecule is CCc1ncc(C(=O)N2CCN(C)c3ccccc32)[nH]1. The van der Waals surface area contributed by atoms with Crippen molar-refractivity contribution in [3.05, 3.63) is 42.0 Å². The Morgan fingerprint density at radius 1 is 1.30 bits per heavy atom. The average Bonchev–Trinajstić information content (AvgIpc) is 2.96. The molecule has 1 aliphatic heterocycles. The van der Waals surface area contributed by atoms with E-state index >= 15 is 0 Å². The van der Waals surface area contributed by atoms with Gasteiger partial charge in [0, 0.05) is 26.6 Å². The first-order valence-corrected chi connectivity index (χ1v) is 6.86. The number of likely N-dealkylation sites (N-methyl/N-ethyl adjacent to an activating group) is 1. The number of hydrogen-bond donors (Lipinski definition) is 1. The Morgan fingerprint density at radius 2 is 2.05 bits per heavy atom. The smallest absolute Gasteiger partial charge is 0.276 e. The molecule has 1 aliphatic rings. The fraction of sp³-hybridized carbons (Fsp3) is 0.333. The molecule has 1 N–H and O–H groups in total. The van der Waals surface area contributed by atoms with Gasteiger partial charge >= 0.3 is 0 Å². The van der Waals surface area contributed by atoms with Crippen LogP contribution in [0.25, 0.3) is 0 Å². The molecule has 2 aromatic rings. The summed E-state index contributed by atoms with van der Waals surface area (Å²) < 4.78 is 0. The highest BCUT2D eigenvalue weighted by molar-refractivity contribution is 6.07. The van der Waals surface area contributed by atoms with Crippen LogP contribution >= 0.6 is 0 Å². The van der Waals surface area contributed by atoms with Gasteiger partial charge in [-0.3, -0.25) is 4.79 Å². The van der Waals surface area contributed by atoms with E-state index in [0.717, 1.165) is 30.2 Å². The lowest BCUT2D eigenvalue weighted by Gasteiger charge is -2.35. The second-order valence-electron chi connectivity index (χ2n) is 4.96. The number of nitrogens with zero attached hydrogens (tertiary/aromatic N) is 3. The highest BCUT2D eigenvalue weighted by atomic mass is 16.2. The summed E-state index contributed by atoms with van der Waals surface area (Å²) in [5, 5.41) is 0. The summed E-state index contributed by atoms with van der Waals surface area (Å²) in [7, 11) is 2.05. The summed E-state index contributed by atoms with van der Waals surface area (Å²) >= 11 is 0. The van der Waals surface area contributed by atoms with Gasteiger partial charge in [0.05, 0.1) is 17.6 Å². The maximum Gasteiger partial charge on any atom is 0.276 e. The number of amides is 1. The second kappa shape index (κ2) is 5.00. The first-order chi connectivity index (χ1) is 9.70. The number of aryl methyl sites for hydroxylation is 1. The van der Waals surface area contributed by atoms with Crippen molar-refractivity contribution in [3.63, 3.8) is 0 Å². The minimum Gasteiger partial charge on any atom is -0.371 e. The van der Waals surface area contributed by atoms with E-state index in [9.17, 15) is 4.79 Å². The predicted octanol–water partition coefficient (Wildman–Crippen LogP) is 2.07. The van der Waals surface area contributed by atoms with Crippen molar-refractivity contribution in [1.82, 2.24) is 9.97 Å². The van der Waals surface area contributed by atoms with Crippen LogP contribution in [0, 0.1) is 0 Å². The van der Waals surface area contributed by atoms with Crippen molar-refractivity contribution >= 4 is 17.3 Å². The summed E-state index contributed by atoms with van der Waals surface area (Å²) in [5.74, 6) is 0.827. The van der Waals surface area contributed by atoms with Crippen molar-refractivity contribution in [1.29, 1.82) is 0 Å². The molecule has 3 rings (SSSR count). The van der Waals surface area contributed by atoms with Crippen molar-refractivity contribution in [2.24, 2.45) is 0 Å². The first kappa shape index (κ1) is 12.7.